The lowest BCUT2D eigenvalue weighted by Gasteiger charge is -1.98. The van der Waals surface area contributed by atoms with Crippen molar-refractivity contribution in [1.82, 2.24) is 0 Å². The maximum Gasteiger partial charge on any atom is 0.0515 e. The summed E-state index contributed by atoms with van der Waals surface area (Å²) in [7, 11) is 0. The highest BCUT2D eigenvalue weighted by Crippen LogP contribution is 1.86. The lowest BCUT2D eigenvalue weighted by molar-refractivity contribution is 0.142. The van der Waals surface area contributed by atoms with Crippen molar-refractivity contribution < 1.29 is 4.74 Å². The first-order chi connectivity index (χ1) is 5.27. The van der Waals surface area contributed by atoms with Crippen LogP contribution in [0.15, 0.2) is 4.99 Å². The molecule has 0 bridgehead atoms. The van der Waals surface area contributed by atoms with Crippen LogP contribution in [-0.2, 0) is 4.74 Å². The third kappa shape index (κ3) is 9.63. The average molecular weight is 157 g/mol. The zero-order chi connectivity index (χ0) is 8.53. The predicted octanol–water partition coefficient (Wildman–Crippen LogP) is 2.28. The lowest BCUT2D eigenvalue weighted by atomic mass is 10.4. The molecule has 11 heavy (non-hydrogen) atoms. The van der Waals surface area contributed by atoms with Crippen LogP contribution < -0.4 is 0 Å². The third-order valence-corrected chi connectivity index (χ3v) is 1.14. The minimum absolute atomic E-state index is 0.418. The molecule has 0 fully saturated rings. The van der Waals surface area contributed by atoms with Gasteiger partial charge in [0.05, 0.1) is 6.61 Å². The van der Waals surface area contributed by atoms with Crippen LogP contribution in [0.25, 0.3) is 0 Å². The minimum Gasteiger partial charge on any atom is -0.381 e. The van der Waals surface area contributed by atoms with Crippen molar-refractivity contribution >= 4 is 6.21 Å². The van der Waals surface area contributed by atoms with Crippen LogP contribution in [0.2, 0.25) is 0 Å². The molecule has 0 spiro atoms. The van der Waals surface area contributed by atoms with E-state index < -0.39 is 0 Å². The van der Waals surface area contributed by atoms with Crippen LogP contribution in [0.4, 0.5) is 0 Å². The highest BCUT2D eigenvalue weighted by atomic mass is 16.5. The van der Waals surface area contributed by atoms with Crippen molar-refractivity contribution in [2.75, 3.05) is 13.2 Å². The molecule has 2 nitrogen and oxygen atoms in total. The normalized spacial score (nSPS) is 11.6. The van der Waals surface area contributed by atoms with Crippen LogP contribution in [0, 0.1) is 0 Å². The molecule has 0 atom stereocenters. The molecule has 0 N–H and O–H groups in total. The van der Waals surface area contributed by atoms with Gasteiger partial charge >= 0.3 is 0 Å². The number of hydrogen-bond donors (Lipinski definition) is 0. The molecule has 66 valence electrons. The van der Waals surface area contributed by atoms with Gasteiger partial charge in [-0.2, -0.15) is 0 Å². The largest absolute Gasteiger partial charge is 0.381 e. The van der Waals surface area contributed by atoms with Crippen molar-refractivity contribution in [2.24, 2.45) is 4.99 Å². The maximum absolute atomic E-state index is 5.27. The molecule has 0 aromatic heterocycles. The molecule has 0 saturated carbocycles. The molecule has 0 radical (unpaired) electrons. The molecule has 0 amide bonds. The van der Waals surface area contributed by atoms with Crippen molar-refractivity contribution in [1.29, 1.82) is 0 Å². The van der Waals surface area contributed by atoms with E-state index >= 15 is 0 Å². The van der Waals surface area contributed by atoms with Crippen LogP contribution in [0.1, 0.15) is 33.6 Å². The fraction of sp³-hybridized carbons (Fsp3) is 0.889. The minimum atomic E-state index is 0.418. The monoisotopic (exact) mass is 157 g/mol. The summed E-state index contributed by atoms with van der Waals surface area (Å²) in [5.74, 6) is 0. The molecular weight excluding hydrogens is 138 g/mol. The number of ether oxygens (including phenoxy) is 1. The molecule has 0 aliphatic heterocycles. The van der Waals surface area contributed by atoms with E-state index in [9.17, 15) is 0 Å². The summed E-state index contributed by atoms with van der Waals surface area (Å²) in [6.07, 6.45) is 3.99. The first-order valence-electron chi connectivity index (χ1n) is 4.36. The molecule has 0 rings (SSSR count). The number of hydrogen-bond acceptors (Lipinski definition) is 2. The molecule has 0 aliphatic carbocycles. The van der Waals surface area contributed by atoms with E-state index in [-0.39, 0.29) is 0 Å². The number of nitrogens with zero attached hydrogens (tertiary/aromatic N) is 1. The Labute approximate surface area is 69.7 Å². The molecule has 0 aromatic carbocycles. The molecule has 2 heteroatoms. The number of aliphatic imine (C=N–C) groups is 1. The van der Waals surface area contributed by atoms with Gasteiger partial charge in [0, 0.05) is 25.3 Å². The van der Waals surface area contributed by atoms with Crippen LogP contribution in [0.5, 0.6) is 0 Å². The second-order valence-corrected chi connectivity index (χ2v) is 2.83. The fourth-order valence-electron chi connectivity index (χ4n) is 0.668. The Morgan fingerprint density at radius 3 is 2.64 bits per heavy atom. The Hall–Kier alpha value is -0.370. The first-order valence-corrected chi connectivity index (χ1v) is 4.36. The second kappa shape index (κ2) is 7.73. The standard InChI is InChI=1S/C9H19NO/c1-4-7-11-8-5-6-10-9(2)3/h6,9H,4-5,7-8H2,1-3H3/b10-6+. The highest BCUT2D eigenvalue weighted by Gasteiger charge is 1.85. The van der Waals surface area contributed by atoms with Gasteiger partial charge in [0.25, 0.3) is 0 Å². The lowest BCUT2D eigenvalue weighted by Crippen LogP contribution is -1.97. The second-order valence-electron chi connectivity index (χ2n) is 2.83. The Morgan fingerprint density at radius 2 is 2.09 bits per heavy atom. The van der Waals surface area contributed by atoms with Crippen molar-refractivity contribution in [2.45, 2.75) is 39.7 Å². The van der Waals surface area contributed by atoms with E-state index in [4.69, 9.17) is 4.74 Å². The SMILES string of the molecule is CCCOCC/C=N/C(C)C. The topological polar surface area (TPSA) is 21.6 Å². The van der Waals surface area contributed by atoms with E-state index in [1.807, 2.05) is 6.21 Å². The van der Waals surface area contributed by atoms with Gasteiger partial charge in [0.2, 0.25) is 0 Å². The van der Waals surface area contributed by atoms with Gasteiger partial charge in [0.15, 0.2) is 0 Å². The van der Waals surface area contributed by atoms with Crippen LogP contribution in [-0.4, -0.2) is 25.5 Å². The Kier molecular flexibility index (Phi) is 7.47. The number of rotatable bonds is 6. The molecule has 0 aromatic rings. The Morgan fingerprint density at radius 1 is 1.36 bits per heavy atom. The van der Waals surface area contributed by atoms with Gasteiger partial charge in [-0.05, 0) is 20.3 Å². The fourth-order valence-corrected chi connectivity index (χ4v) is 0.668. The van der Waals surface area contributed by atoms with Crippen molar-refractivity contribution in [3.8, 4) is 0 Å². The van der Waals surface area contributed by atoms with Crippen LogP contribution in [0.3, 0.4) is 0 Å². The van der Waals surface area contributed by atoms with E-state index in [0.29, 0.717) is 6.04 Å². The summed E-state index contributed by atoms with van der Waals surface area (Å²) in [5.41, 5.74) is 0. The highest BCUT2D eigenvalue weighted by molar-refractivity contribution is 5.57. The van der Waals surface area contributed by atoms with Gasteiger partial charge in [-0.1, -0.05) is 6.92 Å². The van der Waals surface area contributed by atoms with E-state index in [1.54, 1.807) is 0 Å². The summed E-state index contributed by atoms with van der Waals surface area (Å²) in [4.78, 5) is 4.22. The van der Waals surface area contributed by atoms with Gasteiger partial charge in [-0.25, -0.2) is 0 Å². The molecular formula is C9H19NO. The van der Waals surface area contributed by atoms with Crippen molar-refractivity contribution in [3.05, 3.63) is 0 Å². The van der Waals surface area contributed by atoms with E-state index in [2.05, 4.69) is 25.8 Å². The summed E-state index contributed by atoms with van der Waals surface area (Å²) >= 11 is 0. The molecule has 0 aliphatic rings. The Bertz CT molecular complexity index is 99.7. The maximum atomic E-state index is 5.27. The summed E-state index contributed by atoms with van der Waals surface area (Å²) in [6, 6.07) is 0.418. The molecule has 0 saturated heterocycles. The first kappa shape index (κ1) is 10.6. The van der Waals surface area contributed by atoms with Gasteiger partial charge in [0.1, 0.15) is 0 Å². The van der Waals surface area contributed by atoms with E-state index in [1.165, 1.54) is 0 Å². The zero-order valence-electron chi connectivity index (χ0n) is 7.84. The van der Waals surface area contributed by atoms with Crippen molar-refractivity contribution in [3.63, 3.8) is 0 Å². The van der Waals surface area contributed by atoms with Gasteiger partial charge in [-0.15, -0.1) is 0 Å². The molecule has 0 unspecified atom stereocenters. The quantitative estimate of drug-likeness (QED) is 0.428. The zero-order valence-corrected chi connectivity index (χ0v) is 7.84. The predicted molar refractivity (Wildman–Crippen MR) is 49.4 cm³/mol. The van der Waals surface area contributed by atoms with Crippen LogP contribution >= 0.6 is 0 Å². The van der Waals surface area contributed by atoms with Gasteiger partial charge < -0.3 is 4.74 Å². The average Bonchev–Trinajstić information content (AvgIpc) is 1.96. The third-order valence-electron chi connectivity index (χ3n) is 1.14. The summed E-state index contributed by atoms with van der Waals surface area (Å²) in [6.45, 7) is 7.94. The Balaban J connectivity index is 3.01. The van der Waals surface area contributed by atoms with E-state index in [0.717, 1.165) is 26.1 Å². The smallest absolute Gasteiger partial charge is 0.0515 e. The summed E-state index contributed by atoms with van der Waals surface area (Å²) < 4.78 is 5.27. The molecule has 0 heterocycles. The summed E-state index contributed by atoms with van der Waals surface area (Å²) in [5, 5.41) is 0. The van der Waals surface area contributed by atoms with Gasteiger partial charge in [-0.3, -0.25) is 4.99 Å².